The van der Waals surface area contributed by atoms with Gasteiger partial charge in [0.05, 0.1) is 24.2 Å². The third-order valence-electron chi connectivity index (χ3n) is 4.59. The van der Waals surface area contributed by atoms with Gasteiger partial charge in [0.1, 0.15) is 5.75 Å². The van der Waals surface area contributed by atoms with Gasteiger partial charge in [-0.3, -0.25) is 4.79 Å². The van der Waals surface area contributed by atoms with Crippen LogP contribution in [0.3, 0.4) is 0 Å². The molecule has 0 bridgehead atoms. The summed E-state index contributed by atoms with van der Waals surface area (Å²) in [7, 11) is -1.62. The van der Waals surface area contributed by atoms with E-state index in [1.54, 1.807) is 23.1 Å². The lowest BCUT2D eigenvalue weighted by molar-refractivity contribution is -0.138. The minimum absolute atomic E-state index is 0.0348. The van der Waals surface area contributed by atoms with Crippen LogP contribution in [0.4, 0.5) is 0 Å². The van der Waals surface area contributed by atoms with Crippen LogP contribution in [0.2, 0.25) is 0 Å². The number of benzene rings is 1. The topological polar surface area (TPSA) is 90.0 Å². The summed E-state index contributed by atoms with van der Waals surface area (Å²) in [6.07, 6.45) is 1.11. The molecule has 1 heterocycles. The Kier molecular flexibility index (Phi) is 6.63. The number of esters is 1. The second-order valence-electron chi connectivity index (χ2n) is 6.42. The van der Waals surface area contributed by atoms with Crippen molar-refractivity contribution < 1.29 is 27.5 Å². The average molecular weight is 383 g/mol. The zero-order valence-corrected chi connectivity index (χ0v) is 16.1. The van der Waals surface area contributed by atoms with Gasteiger partial charge in [-0.15, -0.1) is 0 Å². The lowest BCUT2D eigenvalue weighted by Crippen LogP contribution is -2.48. The Balaban J connectivity index is 2.03. The quantitative estimate of drug-likeness (QED) is 0.665. The van der Waals surface area contributed by atoms with Crippen molar-refractivity contribution in [2.24, 2.45) is 0 Å². The van der Waals surface area contributed by atoms with Crippen LogP contribution in [-0.4, -0.2) is 62.5 Å². The van der Waals surface area contributed by atoms with Crippen molar-refractivity contribution in [3.8, 4) is 5.75 Å². The molecule has 7 nitrogen and oxygen atoms in total. The number of nitrogens with zero attached hydrogens (tertiary/aromatic N) is 1. The number of ether oxygens (including phenoxy) is 2. The van der Waals surface area contributed by atoms with E-state index in [0.717, 1.165) is 0 Å². The molecule has 1 saturated heterocycles. The Morgan fingerprint density at radius 2 is 2.08 bits per heavy atom. The predicted octanol–water partition coefficient (Wildman–Crippen LogP) is 1.67. The maximum absolute atomic E-state index is 12.6. The molecule has 26 heavy (non-hydrogen) atoms. The summed E-state index contributed by atoms with van der Waals surface area (Å²) >= 11 is 0. The Bertz CT molecular complexity index is 761. The van der Waals surface area contributed by atoms with E-state index in [1.165, 1.54) is 13.2 Å². The first kappa shape index (κ1) is 20.2. The molecule has 1 fully saturated rings. The first-order valence-electron chi connectivity index (χ1n) is 8.60. The molecule has 1 aromatic carbocycles. The van der Waals surface area contributed by atoms with Gasteiger partial charge in [-0.2, -0.15) is 0 Å². The number of amides is 1. The van der Waals surface area contributed by atoms with Crippen molar-refractivity contribution in [1.82, 2.24) is 4.90 Å². The zero-order valence-electron chi connectivity index (χ0n) is 15.3. The molecule has 0 aliphatic carbocycles. The van der Waals surface area contributed by atoms with E-state index in [4.69, 9.17) is 9.47 Å². The molecular formula is C18H25NO6S. The van der Waals surface area contributed by atoms with Crippen LogP contribution in [0.25, 0.3) is 0 Å². The summed E-state index contributed by atoms with van der Waals surface area (Å²) in [5.74, 6) is -0.435. The monoisotopic (exact) mass is 383 g/mol. The second kappa shape index (κ2) is 8.53. The summed E-state index contributed by atoms with van der Waals surface area (Å²) in [6.45, 7) is 3.38. The number of rotatable bonds is 7. The van der Waals surface area contributed by atoms with Crippen molar-refractivity contribution in [2.75, 3.05) is 25.2 Å². The van der Waals surface area contributed by atoms with E-state index in [1.807, 2.05) is 13.8 Å². The summed E-state index contributed by atoms with van der Waals surface area (Å²) in [6, 6.07) is 5.97. The maximum Gasteiger partial charge on any atom is 0.338 e. The minimum atomic E-state index is -3.11. The molecule has 1 aliphatic heterocycles. The summed E-state index contributed by atoms with van der Waals surface area (Å²) in [4.78, 5) is 26.3. The van der Waals surface area contributed by atoms with E-state index in [9.17, 15) is 18.0 Å². The van der Waals surface area contributed by atoms with Crippen LogP contribution in [0.15, 0.2) is 24.3 Å². The number of hydrogen-bond donors (Lipinski definition) is 0. The standard InChI is InChI=1S/C18H25NO6S/c1-4-13(2)19(15-8-9-26(22,23)12-15)17(20)11-25-18(21)14-6-5-7-16(10-14)24-3/h5-7,10,13,15H,4,8-9,11-12H2,1-3H3/t13-,15-/m1/s1. The van der Waals surface area contributed by atoms with Crippen molar-refractivity contribution >= 4 is 21.7 Å². The molecule has 2 rings (SSSR count). The van der Waals surface area contributed by atoms with Crippen molar-refractivity contribution in [3.63, 3.8) is 0 Å². The van der Waals surface area contributed by atoms with Crippen LogP contribution in [-0.2, 0) is 19.4 Å². The molecule has 144 valence electrons. The molecule has 0 spiro atoms. The van der Waals surface area contributed by atoms with E-state index in [-0.39, 0.29) is 35.1 Å². The van der Waals surface area contributed by atoms with Crippen LogP contribution < -0.4 is 4.74 Å². The molecule has 1 amide bonds. The molecular weight excluding hydrogens is 358 g/mol. The minimum Gasteiger partial charge on any atom is -0.497 e. The lowest BCUT2D eigenvalue weighted by Gasteiger charge is -2.33. The number of carbonyl (C=O) groups is 2. The fourth-order valence-electron chi connectivity index (χ4n) is 3.04. The van der Waals surface area contributed by atoms with E-state index >= 15 is 0 Å². The van der Waals surface area contributed by atoms with Crippen LogP contribution in [0, 0.1) is 0 Å². The number of carbonyl (C=O) groups excluding carboxylic acids is 2. The SMILES string of the molecule is CC[C@@H](C)N(C(=O)COC(=O)c1cccc(OC)c1)[C@@H]1CCS(=O)(=O)C1. The molecule has 0 unspecified atom stereocenters. The van der Waals surface area contributed by atoms with Crippen LogP contribution in [0.1, 0.15) is 37.0 Å². The molecule has 1 aliphatic rings. The molecule has 2 atom stereocenters. The van der Waals surface area contributed by atoms with E-state index < -0.39 is 22.4 Å². The summed E-state index contributed by atoms with van der Waals surface area (Å²) < 4.78 is 33.7. The van der Waals surface area contributed by atoms with E-state index in [2.05, 4.69) is 0 Å². The van der Waals surface area contributed by atoms with Gasteiger partial charge in [0.2, 0.25) is 0 Å². The van der Waals surface area contributed by atoms with Crippen molar-refractivity contribution in [1.29, 1.82) is 0 Å². The van der Waals surface area contributed by atoms with Crippen molar-refractivity contribution in [3.05, 3.63) is 29.8 Å². The van der Waals surface area contributed by atoms with Gasteiger partial charge >= 0.3 is 5.97 Å². The second-order valence-corrected chi connectivity index (χ2v) is 8.65. The normalized spacial score (nSPS) is 19.6. The predicted molar refractivity (Wildman–Crippen MR) is 96.9 cm³/mol. The van der Waals surface area contributed by atoms with Crippen LogP contribution >= 0.6 is 0 Å². The fourth-order valence-corrected chi connectivity index (χ4v) is 4.75. The molecule has 0 saturated carbocycles. The molecule has 0 N–H and O–H groups in total. The Morgan fingerprint density at radius 1 is 1.35 bits per heavy atom. The van der Waals surface area contributed by atoms with Gasteiger partial charge in [0.15, 0.2) is 16.4 Å². The molecule has 0 radical (unpaired) electrons. The van der Waals surface area contributed by atoms with Gasteiger partial charge in [0.25, 0.3) is 5.91 Å². The van der Waals surface area contributed by atoms with Crippen molar-refractivity contribution in [2.45, 2.75) is 38.8 Å². The van der Waals surface area contributed by atoms with Gasteiger partial charge in [0, 0.05) is 12.1 Å². The molecule has 8 heteroatoms. The first-order valence-corrected chi connectivity index (χ1v) is 10.4. The highest BCUT2D eigenvalue weighted by Gasteiger charge is 2.36. The fraction of sp³-hybridized carbons (Fsp3) is 0.556. The average Bonchev–Trinajstić information content (AvgIpc) is 2.98. The largest absolute Gasteiger partial charge is 0.497 e. The first-order chi connectivity index (χ1) is 12.3. The Labute approximate surface area is 154 Å². The third kappa shape index (κ3) is 4.97. The highest BCUT2D eigenvalue weighted by molar-refractivity contribution is 7.91. The van der Waals surface area contributed by atoms with Gasteiger partial charge in [-0.1, -0.05) is 13.0 Å². The Hall–Kier alpha value is -2.09. The molecule has 1 aromatic rings. The summed E-state index contributed by atoms with van der Waals surface area (Å²) in [5, 5.41) is 0. The highest BCUT2D eigenvalue weighted by atomic mass is 32.2. The van der Waals surface area contributed by atoms with Gasteiger partial charge in [-0.25, -0.2) is 13.2 Å². The Morgan fingerprint density at radius 3 is 2.65 bits per heavy atom. The number of methoxy groups -OCH3 is 1. The number of sulfone groups is 1. The number of hydrogen-bond acceptors (Lipinski definition) is 6. The third-order valence-corrected chi connectivity index (χ3v) is 6.34. The highest BCUT2D eigenvalue weighted by Crippen LogP contribution is 2.21. The summed E-state index contributed by atoms with van der Waals surface area (Å²) in [5.41, 5.74) is 0.288. The lowest BCUT2D eigenvalue weighted by atomic mass is 10.1. The van der Waals surface area contributed by atoms with Gasteiger partial charge < -0.3 is 14.4 Å². The maximum atomic E-state index is 12.6. The molecule has 0 aromatic heterocycles. The van der Waals surface area contributed by atoms with Gasteiger partial charge in [-0.05, 0) is 38.0 Å². The smallest absolute Gasteiger partial charge is 0.338 e. The van der Waals surface area contributed by atoms with E-state index in [0.29, 0.717) is 18.6 Å². The zero-order chi connectivity index (χ0) is 19.3. The van der Waals surface area contributed by atoms with Crippen LogP contribution in [0.5, 0.6) is 5.75 Å².